The number of rotatable bonds is 5. The van der Waals surface area contributed by atoms with Gasteiger partial charge < -0.3 is 9.88 Å². The molecule has 0 saturated carbocycles. The van der Waals surface area contributed by atoms with Crippen molar-refractivity contribution in [3.05, 3.63) is 42.5 Å². The van der Waals surface area contributed by atoms with E-state index in [0.29, 0.717) is 0 Å². The van der Waals surface area contributed by atoms with Crippen molar-refractivity contribution in [3.8, 4) is 0 Å². The first kappa shape index (κ1) is 11.7. The Labute approximate surface area is 101 Å². The first-order valence-corrected chi connectivity index (χ1v) is 5.79. The van der Waals surface area contributed by atoms with E-state index in [2.05, 4.69) is 27.2 Å². The van der Waals surface area contributed by atoms with Crippen LogP contribution in [-0.4, -0.2) is 26.1 Å². The van der Waals surface area contributed by atoms with Gasteiger partial charge in [-0.2, -0.15) is 0 Å². The molecule has 0 aliphatic heterocycles. The lowest BCUT2D eigenvalue weighted by Gasteiger charge is -2.17. The lowest BCUT2D eigenvalue weighted by atomic mass is 10.2. The van der Waals surface area contributed by atoms with E-state index in [-0.39, 0.29) is 6.04 Å². The number of nitrogens with zero attached hydrogens (tertiary/aromatic N) is 4. The Morgan fingerprint density at radius 1 is 1.29 bits per heavy atom. The van der Waals surface area contributed by atoms with Crippen molar-refractivity contribution in [2.24, 2.45) is 7.05 Å². The maximum atomic E-state index is 4.38. The Balaban J connectivity index is 2.29. The lowest BCUT2D eigenvalue weighted by molar-refractivity contribution is 0.543. The molecule has 2 aromatic heterocycles. The third-order valence-corrected chi connectivity index (χ3v) is 2.59. The van der Waals surface area contributed by atoms with Crippen molar-refractivity contribution < 1.29 is 0 Å². The molecule has 0 spiro atoms. The molecule has 2 aromatic rings. The molecule has 2 rings (SSSR count). The van der Waals surface area contributed by atoms with Crippen LogP contribution in [0.25, 0.3) is 0 Å². The van der Waals surface area contributed by atoms with Gasteiger partial charge >= 0.3 is 0 Å². The fourth-order valence-corrected chi connectivity index (χ4v) is 1.73. The molecule has 0 aliphatic rings. The van der Waals surface area contributed by atoms with Crippen LogP contribution in [0.5, 0.6) is 0 Å². The second kappa shape index (κ2) is 5.54. The summed E-state index contributed by atoms with van der Waals surface area (Å²) in [5.41, 5.74) is 0.898. The van der Waals surface area contributed by atoms with Gasteiger partial charge in [-0.1, -0.05) is 6.92 Å². The van der Waals surface area contributed by atoms with Crippen LogP contribution < -0.4 is 5.32 Å². The highest BCUT2D eigenvalue weighted by molar-refractivity contribution is 5.15. The molecule has 0 radical (unpaired) electrons. The summed E-state index contributed by atoms with van der Waals surface area (Å²) >= 11 is 0. The molecule has 2 heterocycles. The molecule has 0 saturated heterocycles. The Morgan fingerprint density at radius 3 is 2.76 bits per heavy atom. The third kappa shape index (κ3) is 2.68. The predicted octanol–water partition coefficient (Wildman–Crippen LogP) is 1.30. The van der Waals surface area contributed by atoms with E-state index >= 15 is 0 Å². The summed E-state index contributed by atoms with van der Waals surface area (Å²) in [5.74, 6) is 0.957. The van der Waals surface area contributed by atoms with Crippen molar-refractivity contribution in [1.29, 1.82) is 0 Å². The van der Waals surface area contributed by atoms with Crippen LogP contribution in [0, 0.1) is 0 Å². The third-order valence-electron chi connectivity index (χ3n) is 2.59. The van der Waals surface area contributed by atoms with Crippen LogP contribution in [0.2, 0.25) is 0 Å². The van der Waals surface area contributed by atoms with E-state index in [1.54, 1.807) is 24.8 Å². The number of aryl methyl sites for hydroxylation is 1. The van der Waals surface area contributed by atoms with Crippen molar-refractivity contribution in [2.75, 3.05) is 6.54 Å². The molecule has 1 N–H and O–H groups in total. The molecule has 0 fully saturated rings. The first-order valence-electron chi connectivity index (χ1n) is 5.79. The van der Waals surface area contributed by atoms with Gasteiger partial charge in [0.05, 0.1) is 11.9 Å². The van der Waals surface area contributed by atoms with Gasteiger partial charge in [0.1, 0.15) is 11.9 Å². The fourth-order valence-electron chi connectivity index (χ4n) is 1.73. The lowest BCUT2D eigenvalue weighted by Crippen LogP contribution is -2.26. The molecule has 0 aliphatic carbocycles. The number of imidazole rings is 1. The molecule has 1 atom stereocenters. The molecule has 0 amide bonds. The average molecular weight is 231 g/mol. The van der Waals surface area contributed by atoms with Crippen LogP contribution in [0.3, 0.4) is 0 Å². The summed E-state index contributed by atoms with van der Waals surface area (Å²) < 4.78 is 2.00. The molecular weight excluding hydrogens is 214 g/mol. The van der Waals surface area contributed by atoms with Crippen LogP contribution in [0.4, 0.5) is 0 Å². The van der Waals surface area contributed by atoms with Crippen LogP contribution in [0.1, 0.15) is 30.9 Å². The second-order valence-electron chi connectivity index (χ2n) is 3.91. The average Bonchev–Trinajstić information content (AvgIpc) is 2.78. The van der Waals surface area contributed by atoms with E-state index < -0.39 is 0 Å². The fraction of sp³-hybridized carbons (Fsp3) is 0.417. The van der Waals surface area contributed by atoms with Gasteiger partial charge in [0.2, 0.25) is 0 Å². The smallest absolute Gasteiger partial charge is 0.131 e. The van der Waals surface area contributed by atoms with E-state index in [1.807, 2.05) is 17.8 Å². The number of hydrogen-bond acceptors (Lipinski definition) is 4. The summed E-state index contributed by atoms with van der Waals surface area (Å²) in [4.78, 5) is 12.8. The van der Waals surface area contributed by atoms with Gasteiger partial charge in [0.25, 0.3) is 0 Å². The van der Waals surface area contributed by atoms with E-state index in [4.69, 9.17) is 0 Å². The zero-order valence-electron chi connectivity index (χ0n) is 10.2. The minimum absolute atomic E-state index is 0.00338. The summed E-state index contributed by atoms with van der Waals surface area (Å²) in [5, 5.41) is 3.44. The summed E-state index contributed by atoms with van der Waals surface area (Å²) in [6, 6.07) is 0.00338. The minimum Gasteiger partial charge on any atom is -0.336 e. The van der Waals surface area contributed by atoms with Crippen molar-refractivity contribution in [2.45, 2.75) is 19.4 Å². The predicted molar refractivity (Wildman–Crippen MR) is 65.4 cm³/mol. The molecule has 17 heavy (non-hydrogen) atoms. The maximum absolute atomic E-state index is 4.38. The molecule has 1 unspecified atom stereocenters. The Morgan fingerprint density at radius 2 is 2.18 bits per heavy atom. The van der Waals surface area contributed by atoms with E-state index in [0.717, 1.165) is 24.5 Å². The van der Waals surface area contributed by atoms with Gasteiger partial charge in [-0.25, -0.2) is 4.98 Å². The van der Waals surface area contributed by atoms with Crippen LogP contribution in [0.15, 0.2) is 31.0 Å². The summed E-state index contributed by atoms with van der Waals surface area (Å²) in [6.07, 6.45) is 9.97. The Bertz CT molecular complexity index is 451. The molecular formula is C12H17N5. The van der Waals surface area contributed by atoms with Gasteiger partial charge in [0, 0.05) is 31.8 Å². The van der Waals surface area contributed by atoms with E-state index in [1.165, 1.54) is 0 Å². The highest BCUT2D eigenvalue weighted by Gasteiger charge is 2.18. The largest absolute Gasteiger partial charge is 0.336 e. The zero-order chi connectivity index (χ0) is 12.1. The molecule has 0 aromatic carbocycles. The first-order chi connectivity index (χ1) is 8.33. The molecule has 0 bridgehead atoms. The summed E-state index contributed by atoms with van der Waals surface area (Å²) in [6.45, 7) is 3.06. The minimum atomic E-state index is 0.00338. The highest BCUT2D eigenvalue weighted by Crippen LogP contribution is 2.17. The van der Waals surface area contributed by atoms with Crippen molar-refractivity contribution >= 4 is 0 Å². The Kier molecular flexibility index (Phi) is 3.82. The van der Waals surface area contributed by atoms with E-state index in [9.17, 15) is 0 Å². The SMILES string of the molecule is CCCNC(c1cnccn1)c1nccn1C. The topological polar surface area (TPSA) is 55.6 Å². The molecule has 5 heteroatoms. The van der Waals surface area contributed by atoms with Gasteiger partial charge in [0.15, 0.2) is 0 Å². The summed E-state index contributed by atoms with van der Waals surface area (Å²) in [7, 11) is 1.99. The second-order valence-corrected chi connectivity index (χ2v) is 3.91. The molecule has 90 valence electrons. The number of aromatic nitrogens is 4. The monoisotopic (exact) mass is 231 g/mol. The maximum Gasteiger partial charge on any atom is 0.131 e. The van der Waals surface area contributed by atoms with Crippen LogP contribution >= 0.6 is 0 Å². The van der Waals surface area contributed by atoms with Gasteiger partial charge in [-0.05, 0) is 13.0 Å². The quantitative estimate of drug-likeness (QED) is 0.842. The van der Waals surface area contributed by atoms with Crippen LogP contribution in [-0.2, 0) is 7.05 Å². The zero-order valence-corrected chi connectivity index (χ0v) is 10.2. The standard InChI is InChI=1S/C12H17N5/c1-3-4-15-11(10-9-13-5-6-14-10)12-16-7-8-17(12)2/h5-9,11,15H,3-4H2,1-2H3. The van der Waals surface area contributed by atoms with Gasteiger partial charge in [-0.3, -0.25) is 9.97 Å². The normalized spacial score (nSPS) is 12.6. The Hall–Kier alpha value is -1.75. The van der Waals surface area contributed by atoms with Gasteiger partial charge in [-0.15, -0.1) is 0 Å². The highest BCUT2D eigenvalue weighted by atomic mass is 15.1. The van der Waals surface area contributed by atoms with Crippen molar-refractivity contribution in [3.63, 3.8) is 0 Å². The molecule has 5 nitrogen and oxygen atoms in total. The number of nitrogens with one attached hydrogen (secondary N) is 1. The van der Waals surface area contributed by atoms with Crippen molar-refractivity contribution in [1.82, 2.24) is 24.8 Å². The number of hydrogen-bond donors (Lipinski definition) is 1.